The number of ether oxygens (including phenoxy) is 2. The zero-order valence-corrected chi connectivity index (χ0v) is 16.5. The van der Waals surface area contributed by atoms with Crippen LogP contribution >= 0.6 is 0 Å². The van der Waals surface area contributed by atoms with Crippen LogP contribution in [0, 0.1) is 6.92 Å². The Morgan fingerprint density at radius 3 is 2.77 bits per heavy atom. The number of aromatic nitrogens is 3. The Bertz CT molecular complexity index is 915. The van der Waals surface area contributed by atoms with Crippen molar-refractivity contribution in [3.05, 3.63) is 53.4 Å². The molecule has 4 rings (SSSR count). The molecule has 0 bridgehead atoms. The number of carbonyl (C=O) groups excluding carboxylic acids is 1. The van der Waals surface area contributed by atoms with Crippen LogP contribution < -0.4 is 5.32 Å². The molecule has 4 heterocycles. The minimum absolute atomic E-state index is 0.0772. The molecule has 2 aromatic heterocycles. The highest BCUT2D eigenvalue weighted by Gasteiger charge is 2.35. The molecule has 2 aliphatic heterocycles. The summed E-state index contributed by atoms with van der Waals surface area (Å²) in [6.07, 6.45) is 2.94. The van der Waals surface area contributed by atoms with Crippen molar-refractivity contribution in [3.8, 4) is 0 Å². The first-order valence-corrected chi connectivity index (χ1v) is 9.72. The van der Waals surface area contributed by atoms with Crippen LogP contribution in [0.3, 0.4) is 0 Å². The maximum Gasteiger partial charge on any atom is 0.270 e. The summed E-state index contributed by atoms with van der Waals surface area (Å²) in [7, 11) is 0. The molecular weight excluding hydrogens is 390 g/mol. The smallest absolute Gasteiger partial charge is 0.270 e. The molecule has 3 atom stereocenters. The second-order valence-corrected chi connectivity index (χ2v) is 7.12. The number of hydrogen-bond acceptors (Lipinski definition) is 9. The van der Waals surface area contributed by atoms with Gasteiger partial charge >= 0.3 is 0 Å². The van der Waals surface area contributed by atoms with Crippen molar-refractivity contribution in [2.24, 2.45) is 5.16 Å². The van der Waals surface area contributed by atoms with Crippen molar-refractivity contribution >= 4 is 11.6 Å². The summed E-state index contributed by atoms with van der Waals surface area (Å²) in [4.78, 5) is 30.7. The van der Waals surface area contributed by atoms with Crippen molar-refractivity contribution in [1.82, 2.24) is 20.3 Å². The summed E-state index contributed by atoms with van der Waals surface area (Å²) in [5.74, 6) is 0.171. The first-order chi connectivity index (χ1) is 14.6. The van der Waals surface area contributed by atoms with Crippen molar-refractivity contribution in [2.75, 3.05) is 19.8 Å². The van der Waals surface area contributed by atoms with E-state index in [-0.39, 0.29) is 36.5 Å². The second-order valence-electron chi connectivity index (χ2n) is 7.12. The van der Waals surface area contributed by atoms with Crippen LogP contribution in [0.25, 0.3) is 0 Å². The van der Waals surface area contributed by atoms with Gasteiger partial charge in [0.15, 0.2) is 6.10 Å². The summed E-state index contributed by atoms with van der Waals surface area (Å²) in [5.41, 5.74) is 2.38. The lowest BCUT2D eigenvalue weighted by Crippen LogP contribution is -2.43. The van der Waals surface area contributed by atoms with E-state index in [2.05, 4.69) is 25.4 Å². The summed E-state index contributed by atoms with van der Waals surface area (Å²) >= 11 is 0. The fourth-order valence-corrected chi connectivity index (χ4v) is 3.23. The maximum absolute atomic E-state index is 12.6. The van der Waals surface area contributed by atoms with Gasteiger partial charge in [0, 0.05) is 25.4 Å². The zero-order valence-electron chi connectivity index (χ0n) is 16.5. The Kier molecular flexibility index (Phi) is 6.26. The summed E-state index contributed by atoms with van der Waals surface area (Å²) < 4.78 is 11.3. The number of pyridine rings is 1. The minimum Gasteiger partial charge on any atom is -0.394 e. The molecule has 0 aromatic carbocycles. The molecule has 1 amide bonds. The fourth-order valence-electron chi connectivity index (χ4n) is 3.23. The quantitative estimate of drug-likeness (QED) is 0.696. The molecule has 0 unspecified atom stereocenters. The molecule has 1 saturated heterocycles. The van der Waals surface area contributed by atoms with E-state index < -0.39 is 0 Å². The van der Waals surface area contributed by atoms with Crippen LogP contribution in [0.4, 0.5) is 0 Å². The molecule has 2 aromatic rings. The van der Waals surface area contributed by atoms with Crippen LogP contribution in [-0.4, -0.2) is 69.8 Å². The SMILES string of the molecule is Cc1nc(C(=O)NCc2ccncc2)cc(C2=NO[C@@H]([C@H]3CO[C@H](CO)CO3)C2)n1. The molecule has 0 aliphatic carbocycles. The molecule has 158 valence electrons. The third kappa shape index (κ3) is 4.78. The van der Waals surface area contributed by atoms with E-state index in [1.165, 1.54) is 0 Å². The zero-order chi connectivity index (χ0) is 20.9. The Morgan fingerprint density at radius 2 is 2.03 bits per heavy atom. The van der Waals surface area contributed by atoms with Crippen molar-refractivity contribution in [1.29, 1.82) is 0 Å². The molecular formula is C20H23N5O5. The highest BCUT2D eigenvalue weighted by Crippen LogP contribution is 2.23. The van der Waals surface area contributed by atoms with Crippen LogP contribution in [0.1, 0.15) is 34.0 Å². The van der Waals surface area contributed by atoms with Crippen LogP contribution in [0.5, 0.6) is 0 Å². The van der Waals surface area contributed by atoms with Gasteiger partial charge in [-0.3, -0.25) is 9.78 Å². The Balaban J connectivity index is 1.39. The maximum atomic E-state index is 12.6. The summed E-state index contributed by atoms with van der Waals surface area (Å²) in [6.45, 7) is 2.66. The van der Waals surface area contributed by atoms with Gasteiger partial charge in [-0.2, -0.15) is 0 Å². The van der Waals surface area contributed by atoms with Gasteiger partial charge in [-0.1, -0.05) is 5.16 Å². The molecule has 0 radical (unpaired) electrons. The van der Waals surface area contributed by atoms with Gasteiger partial charge in [-0.15, -0.1) is 0 Å². The normalized spacial score (nSPS) is 23.5. The van der Waals surface area contributed by atoms with Gasteiger partial charge in [0.1, 0.15) is 29.4 Å². The number of hydrogen-bond donors (Lipinski definition) is 2. The number of nitrogens with zero attached hydrogens (tertiary/aromatic N) is 4. The number of carbonyl (C=O) groups is 1. The van der Waals surface area contributed by atoms with E-state index in [1.807, 2.05) is 12.1 Å². The predicted molar refractivity (Wildman–Crippen MR) is 105 cm³/mol. The van der Waals surface area contributed by atoms with Gasteiger partial charge in [0.2, 0.25) is 0 Å². The summed E-state index contributed by atoms with van der Waals surface area (Å²) in [5, 5.41) is 16.1. The van der Waals surface area contributed by atoms with Crippen LogP contribution in [0.15, 0.2) is 35.7 Å². The fraction of sp³-hybridized carbons (Fsp3) is 0.450. The molecule has 0 spiro atoms. The molecule has 30 heavy (non-hydrogen) atoms. The number of amides is 1. The van der Waals surface area contributed by atoms with Crippen molar-refractivity contribution in [3.63, 3.8) is 0 Å². The lowest BCUT2D eigenvalue weighted by atomic mass is 10.0. The average Bonchev–Trinajstić information content (AvgIpc) is 3.28. The highest BCUT2D eigenvalue weighted by atomic mass is 16.7. The van der Waals surface area contributed by atoms with Crippen LogP contribution in [-0.2, 0) is 20.9 Å². The number of nitrogens with one attached hydrogen (secondary N) is 1. The molecule has 10 heteroatoms. The number of aliphatic hydroxyl groups excluding tert-OH is 1. The molecule has 2 N–H and O–H groups in total. The van der Waals surface area contributed by atoms with Crippen molar-refractivity contribution in [2.45, 2.75) is 38.2 Å². The third-order valence-corrected chi connectivity index (χ3v) is 4.87. The number of aryl methyl sites for hydroxylation is 1. The molecule has 0 saturated carbocycles. The monoisotopic (exact) mass is 413 g/mol. The molecule has 2 aliphatic rings. The number of rotatable bonds is 6. The Hall–Kier alpha value is -2.95. The molecule has 1 fully saturated rings. The van der Waals surface area contributed by atoms with E-state index in [0.29, 0.717) is 43.4 Å². The standard InChI is InChI=1S/C20H23N5O5/c1-12-23-15(6-17(24-12)20(27)22-8-13-2-4-21-5-3-13)16-7-18(30-25-16)19-11-28-14(9-26)10-29-19/h2-6,14,18-19,26H,7-11H2,1H3,(H,22,27)/t14-,18-,19-/m1/s1. The third-order valence-electron chi connectivity index (χ3n) is 4.87. The van der Waals surface area contributed by atoms with Gasteiger partial charge < -0.3 is 24.7 Å². The first kappa shape index (κ1) is 20.3. The minimum atomic E-state index is -0.307. The van der Waals surface area contributed by atoms with Gasteiger partial charge in [0.25, 0.3) is 5.91 Å². The van der Waals surface area contributed by atoms with Crippen molar-refractivity contribution < 1.29 is 24.2 Å². The van der Waals surface area contributed by atoms with E-state index >= 15 is 0 Å². The second kappa shape index (κ2) is 9.24. The topological polar surface area (TPSA) is 128 Å². The number of aliphatic hydroxyl groups is 1. The van der Waals surface area contributed by atoms with Gasteiger partial charge in [-0.05, 0) is 30.7 Å². The first-order valence-electron chi connectivity index (χ1n) is 9.72. The van der Waals surface area contributed by atoms with E-state index in [9.17, 15) is 4.79 Å². The average molecular weight is 413 g/mol. The van der Waals surface area contributed by atoms with Crippen LogP contribution in [0.2, 0.25) is 0 Å². The lowest BCUT2D eigenvalue weighted by Gasteiger charge is -2.30. The van der Waals surface area contributed by atoms with E-state index in [0.717, 1.165) is 5.56 Å². The predicted octanol–water partition coefficient (Wildman–Crippen LogP) is 0.379. The Morgan fingerprint density at radius 1 is 1.20 bits per heavy atom. The largest absolute Gasteiger partial charge is 0.394 e. The molecule has 10 nitrogen and oxygen atoms in total. The highest BCUT2D eigenvalue weighted by molar-refractivity contribution is 6.01. The van der Waals surface area contributed by atoms with Gasteiger partial charge in [0.05, 0.1) is 25.5 Å². The van der Waals surface area contributed by atoms with E-state index in [1.54, 1.807) is 25.4 Å². The summed E-state index contributed by atoms with van der Waals surface area (Å²) in [6, 6.07) is 5.28. The van der Waals surface area contributed by atoms with Gasteiger partial charge in [-0.25, -0.2) is 9.97 Å². The number of oxime groups is 1. The Labute approximate surface area is 173 Å². The van der Waals surface area contributed by atoms with E-state index in [4.69, 9.17) is 19.4 Å². The lowest BCUT2D eigenvalue weighted by molar-refractivity contribution is -0.178.